The zero-order valence-corrected chi connectivity index (χ0v) is 10.1. The zero-order chi connectivity index (χ0) is 11.4. The van der Waals surface area contributed by atoms with Crippen LogP contribution in [0.15, 0.2) is 0 Å². The lowest BCUT2D eigenvalue weighted by Crippen LogP contribution is -2.42. The maximum Gasteiger partial charge on any atom is 0.239 e. The largest absolute Gasteiger partial charge is 0.381 e. The number of carbonyl (C=O) groups excluding carboxylic acids is 1. The number of amides is 1. The molecule has 1 amide bonds. The summed E-state index contributed by atoms with van der Waals surface area (Å²) in [6.07, 6.45) is 3.23. The van der Waals surface area contributed by atoms with Crippen LogP contribution in [0.1, 0.15) is 26.2 Å². The zero-order valence-electron chi connectivity index (χ0n) is 10.1. The average Bonchev–Trinajstić information content (AvgIpc) is 2.96. The van der Waals surface area contributed by atoms with Crippen LogP contribution in [0.2, 0.25) is 0 Å². The predicted octanol–water partition coefficient (Wildman–Crippen LogP) is 0.623. The molecule has 0 aromatic carbocycles. The van der Waals surface area contributed by atoms with Gasteiger partial charge in [0.2, 0.25) is 5.91 Å². The van der Waals surface area contributed by atoms with Gasteiger partial charge in [-0.25, -0.2) is 0 Å². The molecule has 2 heterocycles. The molecule has 2 saturated heterocycles. The van der Waals surface area contributed by atoms with Gasteiger partial charge in [-0.1, -0.05) is 0 Å². The SMILES string of the molecule is CCOC[C@@H]1CCN(C(=O)[C@@H]2CCCN2)C1. The first-order valence-corrected chi connectivity index (χ1v) is 6.41. The van der Waals surface area contributed by atoms with Crippen LogP contribution in [0.3, 0.4) is 0 Å². The molecule has 4 heteroatoms. The van der Waals surface area contributed by atoms with E-state index in [9.17, 15) is 4.79 Å². The van der Waals surface area contributed by atoms with Gasteiger partial charge in [-0.2, -0.15) is 0 Å². The second kappa shape index (κ2) is 5.64. The van der Waals surface area contributed by atoms with E-state index in [4.69, 9.17) is 4.74 Å². The predicted molar refractivity (Wildman–Crippen MR) is 62.2 cm³/mol. The van der Waals surface area contributed by atoms with Gasteiger partial charge in [0.25, 0.3) is 0 Å². The molecule has 2 aliphatic rings. The van der Waals surface area contributed by atoms with Crippen molar-refractivity contribution in [2.24, 2.45) is 5.92 Å². The third kappa shape index (κ3) is 2.74. The minimum Gasteiger partial charge on any atom is -0.381 e. The molecule has 16 heavy (non-hydrogen) atoms. The normalized spacial score (nSPS) is 29.9. The van der Waals surface area contributed by atoms with Crippen molar-refractivity contribution in [3.8, 4) is 0 Å². The molecule has 0 spiro atoms. The van der Waals surface area contributed by atoms with Gasteiger partial charge >= 0.3 is 0 Å². The monoisotopic (exact) mass is 226 g/mol. The molecule has 0 aromatic heterocycles. The molecule has 92 valence electrons. The van der Waals surface area contributed by atoms with E-state index in [2.05, 4.69) is 5.32 Å². The van der Waals surface area contributed by atoms with E-state index in [1.807, 2.05) is 11.8 Å². The third-order valence-electron chi connectivity index (χ3n) is 3.51. The lowest BCUT2D eigenvalue weighted by molar-refractivity contribution is -0.132. The highest BCUT2D eigenvalue weighted by Gasteiger charge is 2.31. The fourth-order valence-corrected chi connectivity index (χ4v) is 2.57. The minimum absolute atomic E-state index is 0.0887. The summed E-state index contributed by atoms with van der Waals surface area (Å²) in [6, 6.07) is 0.0887. The Bertz CT molecular complexity index is 239. The van der Waals surface area contributed by atoms with Crippen molar-refractivity contribution in [3.05, 3.63) is 0 Å². The first kappa shape index (κ1) is 11.9. The summed E-state index contributed by atoms with van der Waals surface area (Å²) in [5.74, 6) is 0.849. The van der Waals surface area contributed by atoms with E-state index in [0.717, 1.165) is 52.1 Å². The van der Waals surface area contributed by atoms with Gasteiger partial charge in [0, 0.05) is 25.6 Å². The van der Waals surface area contributed by atoms with Crippen LogP contribution >= 0.6 is 0 Å². The lowest BCUT2D eigenvalue weighted by atomic mass is 10.1. The molecule has 0 unspecified atom stereocenters. The Morgan fingerprint density at radius 3 is 3.06 bits per heavy atom. The van der Waals surface area contributed by atoms with Crippen LogP contribution in [0.4, 0.5) is 0 Å². The number of likely N-dealkylation sites (tertiary alicyclic amines) is 1. The molecule has 4 nitrogen and oxygen atoms in total. The number of rotatable bonds is 4. The quantitative estimate of drug-likeness (QED) is 0.764. The molecule has 2 fully saturated rings. The van der Waals surface area contributed by atoms with E-state index < -0.39 is 0 Å². The molecule has 0 bridgehead atoms. The van der Waals surface area contributed by atoms with E-state index in [1.165, 1.54) is 0 Å². The van der Waals surface area contributed by atoms with Gasteiger partial charge in [-0.15, -0.1) is 0 Å². The molecule has 2 aliphatic heterocycles. The van der Waals surface area contributed by atoms with Crippen molar-refractivity contribution in [2.45, 2.75) is 32.2 Å². The number of hydrogen-bond acceptors (Lipinski definition) is 3. The van der Waals surface area contributed by atoms with Crippen molar-refractivity contribution in [2.75, 3.05) is 32.8 Å². The molecular weight excluding hydrogens is 204 g/mol. The Morgan fingerprint density at radius 2 is 2.38 bits per heavy atom. The van der Waals surface area contributed by atoms with Crippen molar-refractivity contribution < 1.29 is 9.53 Å². The third-order valence-corrected chi connectivity index (χ3v) is 3.51. The highest BCUT2D eigenvalue weighted by atomic mass is 16.5. The second-order valence-electron chi connectivity index (χ2n) is 4.75. The van der Waals surface area contributed by atoms with Crippen LogP contribution in [0, 0.1) is 5.92 Å². The standard InChI is InChI=1S/C12H22N2O2/c1-2-16-9-10-5-7-14(8-10)12(15)11-4-3-6-13-11/h10-11,13H,2-9H2,1H3/t10-,11+/m1/s1. The van der Waals surface area contributed by atoms with Crippen molar-refractivity contribution >= 4 is 5.91 Å². The summed E-state index contributed by atoms with van der Waals surface area (Å²) in [6.45, 7) is 6.38. The van der Waals surface area contributed by atoms with Gasteiger partial charge in [0.05, 0.1) is 12.6 Å². The molecule has 0 saturated carbocycles. The molecule has 0 radical (unpaired) electrons. The summed E-state index contributed by atoms with van der Waals surface area (Å²) < 4.78 is 5.42. The second-order valence-corrected chi connectivity index (χ2v) is 4.75. The Hall–Kier alpha value is -0.610. The summed E-state index contributed by atoms with van der Waals surface area (Å²) in [7, 11) is 0. The van der Waals surface area contributed by atoms with Crippen LogP contribution in [-0.4, -0.2) is 49.7 Å². The number of ether oxygens (including phenoxy) is 1. The number of hydrogen-bond donors (Lipinski definition) is 1. The van der Waals surface area contributed by atoms with E-state index in [-0.39, 0.29) is 6.04 Å². The van der Waals surface area contributed by atoms with Gasteiger partial charge in [-0.05, 0) is 32.7 Å². The summed E-state index contributed by atoms with van der Waals surface area (Å²) in [5, 5.41) is 3.27. The maximum absolute atomic E-state index is 12.1. The molecule has 2 rings (SSSR count). The Morgan fingerprint density at radius 1 is 1.50 bits per heavy atom. The molecule has 0 aliphatic carbocycles. The van der Waals surface area contributed by atoms with Crippen LogP contribution in [0.25, 0.3) is 0 Å². The highest BCUT2D eigenvalue weighted by Crippen LogP contribution is 2.19. The summed E-state index contributed by atoms with van der Waals surface area (Å²) in [5.41, 5.74) is 0. The fourth-order valence-electron chi connectivity index (χ4n) is 2.57. The van der Waals surface area contributed by atoms with E-state index in [0.29, 0.717) is 11.8 Å². The number of carbonyl (C=O) groups is 1. The lowest BCUT2D eigenvalue weighted by Gasteiger charge is -2.20. The Kier molecular flexibility index (Phi) is 4.18. The van der Waals surface area contributed by atoms with Crippen molar-refractivity contribution in [1.29, 1.82) is 0 Å². The highest BCUT2D eigenvalue weighted by molar-refractivity contribution is 5.82. The number of nitrogens with one attached hydrogen (secondary N) is 1. The van der Waals surface area contributed by atoms with E-state index in [1.54, 1.807) is 0 Å². The molecule has 1 N–H and O–H groups in total. The maximum atomic E-state index is 12.1. The van der Waals surface area contributed by atoms with Crippen molar-refractivity contribution in [1.82, 2.24) is 10.2 Å². The summed E-state index contributed by atoms with van der Waals surface area (Å²) >= 11 is 0. The van der Waals surface area contributed by atoms with Gasteiger partial charge < -0.3 is 15.0 Å². The fraction of sp³-hybridized carbons (Fsp3) is 0.917. The van der Waals surface area contributed by atoms with Gasteiger partial charge in [0.1, 0.15) is 0 Å². The topological polar surface area (TPSA) is 41.6 Å². The van der Waals surface area contributed by atoms with Gasteiger partial charge in [0.15, 0.2) is 0 Å². The molecule has 2 atom stereocenters. The first-order chi connectivity index (χ1) is 7.81. The minimum atomic E-state index is 0.0887. The molecule has 0 aromatic rings. The van der Waals surface area contributed by atoms with Crippen LogP contribution < -0.4 is 5.32 Å². The Labute approximate surface area is 97.3 Å². The Balaban J connectivity index is 1.76. The molecular formula is C12H22N2O2. The smallest absolute Gasteiger partial charge is 0.239 e. The average molecular weight is 226 g/mol. The van der Waals surface area contributed by atoms with Crippen LogP contribution in [-0.2, 0) is 9.53 Å². The first-order valence-electron chi connectivity index (χ1n) is 6.41. The number of nitrogens with zero attached hydrogens (tertiary/aromatic N) is 1. The van der Waals surface area contributed by atoms with Crippen LogP contribution in [0.5, 0.6) is 0 Å². The van der Waals surface area contributed by atoms with Crippen molar-refractivity contribution in [3.63, 3.8) is 0 Å². The van der Waals surface area contributed by atoms with E-state index >= 15 is 0 Å². The summed E-state index contributed by atoms with van der Waals surface area (Å²) in [4.78, 5) is 14.1. The van der Waals surface area contributed by atoms with Gasteiger partial charge in [-0.3, -0.25) is 4.79 Å².